The molecule has 1 atom stereocenters. The number of Topliss-reactive ketones (excluding diaryl/α,β-unsaturated/α-hetero) is 1. The average Bonchev–Trinajstić information content (AvgIpc) is 3.24. The maximum Gasteiger partial charge on any atom is 0.295 e. The number of likely N-dealkylation sites (tertiary alicyclic amines) is 1. The Morgan fingerprint density at radius 3 is 2.44 bits per heavy atom. The van der Waals surface area contributed by atoms with Crippen LogP contribution in [0.2, 0.25) is 0 Å². The molecule has 0 radical (unpaired) electrons. The van der Waals surface area contributed by atoms with E-state index < -0.39 is 17.7 Å². The van der Waals surface area contributed by atoms with Crippen LogP contribution in [-0.2, 0) is 16.2 Å². The van der Waals surface area contributed by atoms with Gasteiger partial charge >= 0.3 is 0 Å². The fraction of sp³-hybridized carbons (Fsp3) is 0.333. The maximum atomic E-state index is 13.4. The minimum Gasteiger partial charge on any atom is -0.507 e. The highest BCUT2D eigenvalue weighted by atomic mass is 16.5. The van der Waals surface area contributed by atoms with Crippen molar-refractivity contribution in [3.8, 4) is 17.2 Å². The summed E-state index contributed by atoms with van der Waals surface area (Å²) in [7, 11) is 5.34. The molecule has 1 aliphatic rings. The number of benzene rings is 3. The van der Waals surface area contributed by atoms with Crippen molar-refractivity contribution in [1.29, 1.82) is 0 Å². The smallest absolute Gasteiger partial charge is 0.295 e. The molecule has 41 heavy (non-hydrogen) atoms. The standard InChI is InChI=1S/C33H38N2O6/c1-5-6-19-40-26-14-10-13-25(20-26)31(36)29-30(35(18-17-34(2)3)33(38)32(29)37)24-15-16-27(28(21-24)39-4)41-22-23-11-8-7-9-12-23/h7-16,20-21,30,36H,5-6,17-19,22H2,1-4H3/b31-29+. The highest BCUT2D eigenvalue weighted by molar-refractivity contribution is 6.46. The molecule has 1 saturated heterocycles. The van der Waals surface area contributed by atoms with Gasteiger partial charge in [-0.1, -0.05) is 61.9 Å². The van der Waals surface area contributed by atoms with Crippen LogP contribution in [0.3, 0.4) is 0 Å². The van der Waals surface area contributed by atoms with E-state index in [9.17, 15) is 14.7 Å². The summed E-state index contributed by atoms with van der Waals surface area (Å²) in [6, 6.07) is 21.3. The molecule has 216 valence electrons. The topological polar surface area (TPSA) is 88.5 Å². The number of hydrogen-bond acceptors (Lipinski definition) is 7. The number of unbranched alkanes of at least 4 members (excludes halogenated alkanes) is 1. The Kier molecular flexibility index (Phi) is 10.0. The monoisotopic (exact) mass is 558 g/mol. The number of amides is 1. The molecule has 1 N–H and O–H groups in total. The van der Waals surface area contributed by atoms with E-state index in [2.05, 4.69) is 6.92 Å². The van der Waals surface area contributed by atoms with E-state index in [4.69, 9.17) is 14.2 Å². The number of ketones is 1. The van der Waals surface area contributed by atoms with Crippen molar-refractivity contribution in [1.82, 2.24) is 9.80 Å². The first-order valence-electron chi connectivity index (χ1n) is 13.8. The summed E-state index contributed by atoms with van der Waals surface area (Å²) in [6.07, 6.45) is 1.90. The molecule has 0 bridgehead atoms. The summed E-state index contributed by atoms with van der Waals surface area (Å²) in [5.41, 5.74) is 2.07. The maximum absolute atomic E-state index is 13.4. The molecule has 3 aromatic rings. The predicted molar refractivity (Wildman–Crippen MR) is 158 cm³/mol. The Morgan fingerprint density at radius 2 is 1.73 bits per heavy atom. The van der Waals surface area contributed by atoms with Crippen LogP contribution in [0.4, 0.5) is 0 Å². The van der Waals surface area contributed by atoms with Crippen molar-refractivity contribution in [3.05, 3.63) is 95.1 Å². The number of aliphatic hydroxyl groups excluding tert-OH is 1. The van der Waals surface area contributed by atoms with E-state index in [1.54, 1.807) is 49.6 Å². The molecule has 1 fully saturated rings. The predicted octanol–water partition coefficient (Wildman–Crippen LogP) is 5.44. The molecule has 1 unspecified atom stereocenters. The number of carbonyl (C=O) groups excluding carboxylic acids is 2. The first-order chi connectivity index (χ1) is 19.8. The Hall–Kier alpha value is -4.30. The molecular formula is C33H38N2O6. The number of carbonyl (C=O) groups is 2. The molecule has 1 amide bonds. The van der Waals surface area contributed by atoms with Gasteiger partial charge in [0.25, 0.3) is 11.7 Å². The van der Waals surface area contributed by atoms with E-state index >= 15 is 0 Å². The second-order valence-electron chi connectivity index (χ2n) is 10.2. The lowest BCUT2D eigenvalue weighted by Gasteiger charge is -2.27. The van der Waals surface area contributed by atoms with Gasteiger partial charge in [-0.15, -0.1) is 0 Å². The van der Waals surface area contributed by atoms with E-state index in [0.717, 1.165) is 18.4 Å². The number of hydrogen-bond donors (Lipinski definition) is 1. The van der Waals surface area contributed by atoms with Gasteiger partial charge in [-0.05, 0) is 55.9 Å². The van der Waals surface area contributed by atoms with Gasteiger partial charge in [0.05, 0.1) is 25.3 Å². The van der Waals surface area contributed by atoms with E-state index in [1.807, 2.05) is 49.3 Å². The van der Waals surface area contributed by atoms with Gasteiger partial charge in [-0.25, -0.2) is 0 Å². The molecule has 8 nitrogen and oxygen atoms in total. The number of aliphatic hydroxyl groups is 1. The van der Waals surface area contributed by atoms with Gasteiger partial charge in [0.15, 0.2) is 11.5 Å². The quantitative estimate of drug-likeness (QED) is 0.129. The van der Waals surface area contributed by atoms with Crippen LogP contribution >= 0.6 is 0 Å². The summed E-state index contributed by atoms with van der Waals surface area (Å²) in [6.45, 7) is 3.83. The molecular weight excluding hydrogens is 520 g/mol. The van der Waals surface area contributed by atoms with Crippen molar-refractivity contribution in [3.63, 3.8) is 0 Å². The second kappa shape index (κ2) is 13.9. The minimum atomic E-state index is -0.809. The number of ether oxygens (including phenoxy) is 3. The molecule has 0 spiro atoms. The summed E-state index contributed by atoms with van der Waals surface area (Å²) < 4.78 is 17.5. The van der Waals surface area contributed by atoms with Crippen molar-refractivity contribution in [2.24, 2.45) is 0 Å². The lowest BCUT2D eigenvalue weighted by Crippen LogP contribution is -2.35. The van der Waals surface area contributed by atoms with Crippen molar-refractivity contribution in [2.45, 2.75) is 32.4 Å². The van der Waals surface area contributed by atoms with Crippen LogP contribution in [0.1, 0.15) is 42.5 Å². The van der Waals surface area contributed by atoms with Crippen molar-refractivity contribution < 1.29 is 28.9 Å². The highest BCUT2D eigenvalue weighted by Crippen LogP contribution is 2.42. The first-order valence-corrected chi connectivity index (χ1v) is 13.8. The second-order valence-corrected chi connectivity index (χ2v) is 10.2. The molecule has 1 heterocycles. The largest absolute Gasteiger partial charge is 0.507 e. The normalized spacial score (nSPS) is 16.3. The van der Waals surface area contributed by atoms with Gasteiger partial charge in [-0.3, -0.25) is 9.59 Å². The summed E-state index contributed by atoms with van der Waals surface area (Å²) >= 11 is 0. The number of methoxy groups -OCH3 is 1. The summed E-state index contributed by atoms with van der Waals surface area (Å²) in [5.74, 6) is -0.0539. The van der Waals surface area contributed by atoms with Crippen LogP contribution in [0.5, 0.6) is 17.2 Å². The Morgan fingerprint density at radius 1 is 0.951 bits per heavy atom. The van der Waals surface area contributed by atoms with Crippen LogP contribution in [0.25, 0.3) is 5.76 Å². The van der Waals surface area contributed by atoms with E-state index in [1.165, 1.54) is 4.90 Å². The van der Waals surface area contributed by atoms with Crippen molar-refractivity contribution in [2.75, 3.05) is 40.9 Å². The summed E-state index contributed by atoms with van der Waals surface area (Å²) in [5, 5.41) is 11.5. The van der Waals surface area contributed by atoms with Crippen molar-refractivity contribution >= 4 is 17.4 Å². The molecule has 0 saturated carbocycles. The zero-order valence-electron chi connectivity index (χ0n) is 24.1. The third-order valence-electron chi connectivity index (χ3n) is 6.94. The van der Waals surface area contributed by atoms with E-state index in [-0.39, 0.29) is 11.3 Å². The first kappa shape index (κ1) is 29.7. The number of likely N-dealkylation sites (N-methyl/N-ethyl adjacent to an activating group) is 1. The zero-order chi connectivity index (χ0) is 29.4. The van der Waals surface area contributed by atoms with Crippen LogP contribution in [0.15, 0.2) is 78.4 Å². The fourth-order valence-electron chi connectivity index (χ4n) is 4.70. The van der Waals surface area contributed by atoms with Gasteiger partial charge in [0.1, 0.15) is 18.1 Å². The minimum absolute atomic E-state index is 0.0273. The Labute approximate surface area is 241 Å². The molecule has 0 aliphatic carbocycles. The van der Waals surface area contributed by atoms with E-state index in [0.29, 0.717) is 54.7 Å². The van der Waals surface area contributed by atoms with Gasteiger partial charge < -0.3 is 29.1 Å². The third-order valence-corrected chi connectivity index (χ3v) is 6.94. The zero-order valence-corrected chi connectivity index (χ0v) is 24.1. The highest BCUT2D eigenvalue weighted by Gasteiger charge is 2.46. The fourth-order valence-corrected chi connectivity index (χ4v) is 4.70. The van der Waals surface area contributed by atoms with Gasteiger partial charge in [-0.2, -0.15) is 0 Å². The average molecular weight is 559 g/mol. The molecule has 3 aromatic carbocycles. The summed E-state index contributed by atoms with van der Waals surface area (Å²) in [4.78, 5) is 30.2. The Bertz CT molecular complexity index is 1390. The Balaban J connectivity index is 1.73. The number of rotatable bonds is 13. The van der Waals surface area contributed by atoms with Gasteiger partial charge in [0.2, 0.25) is 0 Å². The molecule has 1 aliphatic heterocycles. The number of nitrogens with zero attached hydrogens (tertiary/aromatic N) is 2. The third kappa shape index (κ3) is 7.08. The van der Waals surface area contributed by atoms with Crippen LogP contribution < -0.4 is 14.2 Å². The lowest BCUT2D eigenvalue weighted by atomic mass is 9.95. The van der Waals surface area contributed by atoms with Crippen LogP contribution in [-0.4, -0.2) is 67.5 Å². The lowest BCUT2D eigenvalue weighted by molar-refractivity contribution is -0.140. The molecule has 0 aromatic heterocycles. The molecule has 8 heteroatoms. The SMILES string of the molecule is CCCCOc1cccc(/C(O)=C2\C(=O)C(=O)N(CCN(C)C)C2c2ccc(OCc3ccccc3)c(OC)c2)c1. The van der Waals surface area contributed by atoms with Gasteiger partial charge in [0, 0.05) is 18.7 Å². The van der Waals surface area contributed by atoms with Crippen LogP contribution in [0, 0.1) is 0 Å². The molecule has 4 rings (SSSR count).